The van der Waals surface area contributed by atoms with Crippen LogP contribution in [0.15, 0.2) is 17.3 Å². The van der Waals surface area contributed by atoms with Crippen molar-refractivity contribution in [3.63, 3.8) is 0 Å². The van der Waals surface area contributed by atoms with E-state index in [2.05, 4.69) is 4.99 Å². The summed E-state index contributed by atoms with van der Waals surface area (Å²) in [6, 6.07) is 0. The van der Waals surface area contributed by atoms with Gasteiger partial charge in [0.25, 0.3) is 0 Å². The van der Waals surface area contributed by atoms with Crippen molar-refractivity contribution in [2.75, 3.05) is 0 Å². The zero-order valence-corrected chi connectivity index (χ0v) is 3.63. The molecule has 0 aromatic rings. The van der Waals surface area contributed by atoms with E-state index < -0.39 is 0 Å². The monoisotopic (exact) mass is 100 g/mol. The minimum absolute atomic E-state index is 0.167. The Labute approximate surface area is 40.9 Å². The van der Waals surface area contributed by atoms with Crippen LogP contribution in [-0.2, 0) is 0 Å². The van der Waals surface area contributed by atoms with Gasteiger partial charge in [-0.25, -0.2) is 4.99 Å². The van der Waals surface area contributed by atoms with Crippen molar-refractivity contribution in [3.05, 3.63) is 12.3 Å². The Bertz CT molecular complexity index is 95.9. The molecule has 0 fully saturated rings. The van der Waals surface area contributed by atoms with Crippen molar-refractivity contribution in [2.45, 2.75) is 0 Å². The van der Waals surface area contributed by atoms with E-state index in [1.54, 1.807) is 0 Å². The van der Waals surface area contributed by atoms with Crippen LogP contribution in [0.1, 0.15) is 0 Å². The SMILES string of the molecule is N=C/C=C\N=CF. The quantitative estimate of drug-likeness (QED) is 0.505. The Morgan fingerprint density at radius 2 is 2.29 bits per heavy atom. The Balaban J connectivity index is 3.27. The van der Waals surface area contributed by atoms with Gasteiger partial charge in [0.1, 0.15) is 0 Å². The molecular formula is C4H5FN2. The second-order valence-corrected chi connectivity index (χ2v) is 0.755. The molecule has 0 saturated carbocycles. The number of allylic oxidation sites excluding steroid dienone is 1. The van der Waals surface area contributed by atoms with Gasteiger partial charge in [0.15, 0.2) is 6.47 Å². The Hall–Kier alpha value is -0.990. The van der Waals surface area contributed by atoms with Gasteiger partial charge >= 0.3 is 0 Å². The summed E-state index contributed by atoms with van der Waals surface area (Å²) in [6.45, 7) is 0.167. The first kappa shape index (κ1) is 6.01. The molecule has 0 unspecified atom stereocenters. The molecule has 2 nitrogen and oxygen atoms in total. The molecule has 0 spiro atoms. The number of aliphatic imine (C=N–C) groups is 1. The Morgan fingerprint density at radius 1 is 1.57 bits per heavy atom. The van der Waals surface area contributed by atoms with E-state index in [1.807, 2.05) is 0 Å². The predicted octanol–water partition coefficient (Wildman–Crippen LogP) is 1.15. The highest BCUT2D eigenvalue weighted by Crippen LogP contribution is 1.67. The van der Waals surface area contributed by atoms with Crippen LogP contribution in [0.2, 0.25) is 0 Å². The summed E-state index contributed by atoms with van der Waals surface area (Å²) in [5.74, 6) is 0. The van der Waals surface area contributed by atoms with Crippen molar-refractivity contribution < 1.29 is 4.39 Å². The maximum Gasteiger partial charge on any atom is 0.175 e. The molecular weight excluding hydrogens is 95.1 g/mol. The van der Waals surface area contributed by atoms with E-state index in [9.17, 15) is 4.39 Å². The van der Waals surface area contributed by atoms with Gasteiger partial charge in [-0.3, -0.25) is 0 Å². The van der Waals surface area contributed by atoms with E-state index in [-0.39, 0.29) is 6.47 Å². The lowest BCUT2D eigenvalue weighted by Crippen LogP contribution is -1.54. The third kappa shape index (κ3) is 5.01. The summed E-state index contributed by atoms with van der Waals surface area (Å²) in [5.41, 5.74) is 0. The molecule has 0 atom stereocenters. The van der Waals surface area contributed by atoms with Gasteiger partial charge in [0, 0.05) is 12.4 Å². The number of nitrogens with zero attached hydrogens (tertiary/aromatic N) is 1. The third-order valence-corrected chi connectivity index (χ3v) is 0.325. The van der Waals surface area contributed by atoms with E-state index in [4.69, 9.17) is 5.41 Å². The molecule has 0 heterocycles. The summed E-state index contributed by atoms with van der Waals surface area (Å²) in [5, 5.41) is 6.37. The zero-order chi connectivity index (χ0) is 5.54. The van der Waals surface area contributed by atoms with Gasteiger partial charge in [0.05, 0.1) is 0 Å². The first-order valence-corrected chi connectivity index (χ1v) is 1.69. The summed E-state index contributed by atoms with van der Waals surface area (Å²) in [4.78, 5) is 3.04. The molecule has 1 N–H and O–H groups in total. The van der Waals surface area contributed by atoms with Gasteiger partial charge in [-0.2, -0.15) is 4.39 Å². The van der Waals surface area contributed by atoms with E-state index in [0.717, 1.165) is 6.21 Å². The fourth-order valence-electron chi connectivity index (χ4n) is 0.125. The first-order valence-electron chi connectivity index (χ1n) is 1.69. The van der Waals surface area contributed by atoms with Crippen LogP contribution in [0.3, 0.4) is 0 Å². The molecule has 0 bridgehead atoms. The van der Waals surface area contributed by atoms with Crippen LogP contribution in [0.4, 0.5) is 4.39 Å². The Morgan fingerprint density at radius 3 is 2.71 bits per heavy atom. The second-order valence-electron chi connectivity index (χ2n) is 0.755. The molecule has 38 valence electrons. The second kappa shape index (κ2) is 5.01. The van der Waals surface area contributed by atoms with E-state index >= 15 is 0 Å². The van der Waals surface area contributed by atoms with Gasteiger partial charge in [-0.1, -0.05) is 0 Å². The summed E-state index contributed by atoms with van der Waals surface area (Å²) >= 11 is 0. The molecule has 0 aliphatic carbocycles. The number of hydrogen-bond donors (Lipinski definition) is 1. The minimum Gasteiger partial charge on any atom is -0.309 e. The topological polar surface area (TPSA) is 36.2 Å². The van der Waals surface area contributed by atoms with Gasteiger partial charge in [-0.15, -0.1) is 0 Å². The summed E-state index contributed by atoms with van der Waals surface area (Å²) < 4.78 is 10.9. The highest BCUT2D eigenvalue weighted by Gasteiger charge is 1.55. The third-order valence-electron chi connectivity index (χ3n) is 0.325. The normalized spacial score (nSPS) is 11.0. The van der Waals surface area contributed by atoms with E-state index in [0.29, 0.717) is 0 Å². The zero-order valence-electron chi connectivity index (χ0n) is 3.63. The fraction of sp³-hybridized carbons (Fsp3) is 0. The van der Waals surface area contributed by atoms with Crippen LogP contribution in [0.25, 0.3) is 0 Å². The minimum atomic E-state index is 0.167. The molecule has 3 heteroatoms. The van der Waals surface area contributed by atoms with Crippen molar-refractivity contribution in [2.24, 2.45) is 4.99 Å². The maximum absolute atomic E-state index is 10.9. The molecule has 0 aliphatic rings. The van der Waals surface area contributed by atoms with Crippen LogP contribution in [0.5, 0.6) is 0 Å². The first-order chi connectivity index (χ1) is 3.41. The average molecular weight is 100 g/mol. The van der Waals surface area contributed by atoms with Crippen LogP contribution in [-0.4, -0.2) is 12.7 Å². The highest BCUT2D eigenvalue weighted by atomic mass is 19.1. The summed E-state index contributed by atoms with van der Waals surface area (Å²) in [6.07, 6.45) is 3.52. The number of nitrogens with one attached hydrogen (secondary N) is 1. The molecule has 0 radical (unpaired) electrons. The van der Waals surface area contributed by atoms with Gasteiger partial charge in [-0.05, 0) is 6.08 Å². The lowest BCUT2D eigenvalue weighted by atomic mass is 10.7. The van der Waals surface area contributed by atoms with Gasteiger partial charge < -0.3 is 5.41 Å². The van der Waals surface area contributed by atoms with Crippen LogP contribution >= 0.6 is 0 Å². The van der Waals surface area contributed by atoms with Crippen LogP contribution in [0, 0.1) is 5.41 Å². The van der Waals surface area contributed by atoms with Crippen molar-refractivity contribution in [1.29, 1.82) is 5.41 Å². The number of hydrogen-bond acceptors (Lipinski definition) is 2. The molecule has 0 aliphatic heterocycles. The van der Waals surface area contributed by atoms with Crippen molar-refractivity contribution in [3.8, 4) is 0 Å². The number of halogens is 1. The average Bonchev–Trinajstić information content (AvgIpc) is 1.69. The number of rotatable bonds is 2. The molecule has 0 amide bonds. The van der Waals surface area contributed by atoms with Gasteiger partial charge in [0.2, 0.25) is 0 Å². The fourth-order valence-corrected chi connectivity index (χ4v) is 0.125. The molecule has 7 heavy (non-hydrogen) atoms. The lowest BCUT2D eigenvalue weighted by molar-refractivity contribution is 0.841. The van der Waals surface area contributed by atoms with Crippen LogP contribution < -0.4 is 0 Å². The van der Waals surface area contributed by atoms with Crippen molar-refractivity contribution >= 4 is 12.7 Å². The highest BCUT2D eigenvalue weighted by molar-refractivity contribution is 5.67. The predicted molar refractivity (Wildman–Crippen MR) is 27.5 cm³/mol. The summed E-state index contributed by atoms with van der Waals surface area (Å²) in [7, 11) is 0. The molecule has 0 aromatic carbocycles. The van der Waals surface area contributed by atoms with Crippen molar-refractivity contribution in [1.82, 2.24) is 0 Å². The molecule has 0 aromatic heterocycles. The smallest absolute Gasteiger partial charge is 0.175 e. The largest absolute Gasteiger partial charge is 0.309 e. The molecule has 0 saturated heterocycles. The van der Waals surface area contributed by atoms with E-state index in [1.165, 1.54) is 12.3 Å². The lowest BCUT2D eigenvalue weighted by Gasteiger charge is -1.63. The standard InChI is InChI=1S/C4H5FN2/c5-4-7-3-1-2-6/h1-4,6H/b3-1-,6-2?,7-4?. The molecule has 0 rings (SSSR count). The Kier molecular flexibility index (Phi) is 4.30. The maximum atomic E-state index is 10.9.